The maximum absolute atomic E-state index is 10.9. The summed E-state index contributed by atoms with van der Waals surface area (Å²) in [5.41, 5.74) is 0.386. The van der Waals surface area contributed by atoms with E-state index < -0.39 is 5.60 Å². The molecular formula is C20H34O2. The summed E-state index contributed by atoms with van der Waals surface area (Å²) in [6.07, 6.45) is 9.35. The molecule has 22 heavy (non-hydrogen) atoms. The lowest BCUT2D eigenvalue weighted by Crippen LogP contribution is -2.59. The van der Waals surface area contributed by atoms with Crippen LogP contribution in [0.15, 0.2) is 0 Å². The van der Waals surface area contributed by atoms with Crippen LogP contribution in [-0.2, 0) is 0 Å². The summed E-state index contributed by atoms with van der Waals surface area (Å²) in [6.45, 7) is 9.23. The summed E-state index contributed by atoms with van der Waals surface area (Å²) in [5, 5.41) is 21.4. The second-order valence-electron chi connectivity index (χ2n) is 10.4. The maximum Gasteiger partial charge on any atom is 0.0653 e. The zero-order valence-corrected chi connectivity index (χ0v) is 14.9. The molecule has 0 saturated heterocycles. The molecule has 2 heteroatoms. The standard InChI is InChI=1S/C20H34O2/c1-17(2)14-7-10-20-11-13(19(4,22)12-20)5-6-15(20)18(14,3)9-8-16(17)21/h13-16,21-22H,5-12H2,1-4H3/t13-,14+,15-,16-,18+,19+,20-/m0/s1. The molecule has 4 fully saturated rings. The zero-order chi connectivity index (χ0) is 16.0. The van der Waals surface area contributed by atoms with Gasteiger partial charge in [0.25, 0.3) is 0 Å². The largest absolute Gasteiger partial charge is 0.393 e. The topological polar surface area (TPSA) is 40.5 Å². The molecule has 1 spiro atoms. The van der Waals surface area contributed by atoms with E-state index in [1.54, 1.807) is 0 Å². The monoisotopic (exact) mass is 306 g/mol. The lowest BCUT2D eigenvalue weighted by molar-refractivity contribution is -0.180. The Morgan fingerprint density at radius 2 is 1.59 bits per heavy atom. The first-order chi connectivity index (χ1) is 10.1. The summed E-state index contributed by atoms with van der Waals surface area (Å²) >= 11 is 0. The number of aliphatic hydroxyl groups excluding tert-OH is 1. The molecule has 0 aromatic carbocycles. The van der Waals surface area contributed by atoms with Crippen molar-refractivity contribution in [2.45, 2.75) is 90.8 Å². The van der Waals surface area contributed by atoms with E-state index in [9.17, 15) is 10.2 Å². The smallest absolute Gasteiger partial charge is 0.0653 e. The van der Waals surface area contributed by atoms with E-state index in [2.05, 4.69) is 27.7 Å². The van der Waals surface area contributed by atoms with Gasteiger partial charge in [0.2, 0.25) is 0 Å². The van der Waals surface area contributed by atoms with Crippen LogP contribution in [0.2, 0.25) is 0 Å². The predicted molar refractivity (Wildman–Crippen MR) is 88.4 cm³/mol. The van der Waals surface area contributed by atoms with Crippen LogP contribution in [0.25, 0.3) is 0 Å². The van der Waals surface area contributed by atoms with Gasteiger partial charge in [-0.1, -0.05) is 20.8 Å². The molecule has 4 rings (SSSR count). The minimum atomic E-state index is -0.429. The van der Waals surface area contributed by atoms with Crippen molar-refractivity contribution in [2.24, 2.45) is 34.0 Å². The van der Waals surface area contributed by atoms with Crippen molar-refractivity contribution in [1.29, 1.82) is 0 Å². The maximum atomic E-state index is 10.9. The second-order valence-corrected chi connectivity index (χ2v) is 10.4. The average Bonchev–Trinajstić information content (AvgIpc) is 2.60. The van der Waals surface area contributed by atoms with Crippen LogP contribution in [0.1, 0.15) is 79.1 Å². The molecule has 4 saturated carbocycles. The minimum absolute atomic E-state index is 0.0482. The van der Waals surface area contributed by atoms with E-state index in [1.807, 2.05) is 0 Å². The Bertz CT molecular complexity index is 482. The first-order valence-corrected chi connectivity index (χ1v) is 9.52. The Morgan fingerprint density at radius 3 is 2.32 bits per heavy atom. The average molecular weight is 306 g/mol. The predicted octanol–water partition coefficient (Wildman–Crippen LogP) is 4.14. The molecule has 0 aromatic heterocycles. The fraction of sp³-hybridized carbons (Fsp3) is 1.00. The van der Waals surface area contributed by atoms with Crippen LogP contribution in [0.5, 0.6) is 0 Å². The van der Waals surface area contributed by atoms with E-state index in [4.69, 9.17) is 0 Å². The first kappa shape index (κ1) is 15.4. The minimum Gasteiger partial charge on any atom is -0.393 e. The molecule has 126 valence electrons. The van der Waals surface area contributed by atoms with Gasteiger partial charge in [-0.2, -0.15) is 0 Å². The molecule has 2 bridgehead atoms. The Hall–Kier alpha value is -0.0800. The number of rotatable bonds is 0. The van der Waals surface area contributed by atoms with Gasteiger partial charge < -0.3 is 10.2 Å². The lowest BCUT2D eigenvalue weighted by atomic mass is 9.41. The second kappa shape index (κ2) is 4.30. The zero-order valence-electron chi connectivity index (χ0n) is 14.9. The molecule has 0 heterocycles. The van der Waals surface area contributed by atoms with Crippen LogP contribution in [-0.4, -0.2) is 21.9 Å². The van der Waals surface area contributed by atoms with Gasteiger partial charge in [-0.15, -0.1) is 0 Å². The van der Waals surface area contributed by atoms with Gasteiger partial charge in [0.1, 0.15) is 0 Å². The van der Waals surface area contributed by atoms with Crippen molar-refractivity contribution in [3.05, 3.63) is 0 Å². The van der Waals surface area contributed by atoms with Crippen molar-refractivity contribution in [3.63, 3.8) is 0 Å². The highest BCUT2D eigenvalue weighted by Crippen LogP contribution is 2.72. The van der Waals surface area contributed by atoms with Gasteiger partial charge >= 0.3 is 0 Å². The van der Waals surface area contributed by atoms with Crippen LogP contribution in [0, 0.1) is 34.0 Å². The number of hydrogen-bond acceptors (Lipinski definition) is 2. The van der Waals surface area contributed by atoms with Gasteiger partial charge in [0, 0.05) is 0 Å². The first-order valence-electron chi connectivity index (χ1n) is 9.52. The summed E-state index contributed by atoms with van der Waals surface area (Å²) < 4.78 is 0. The van der Waals surface area contributed by atoms with Crippen molar-refractivity contribution in [3.8, 4) is 0 Å². The molecule has 0 radical (unpaired) electrons. The Labute approximate surface area is 135 Å². The highest BCUT2D eigenvalue weighted by atomic mass is 16.3. The van der Waals surface area contributed by atoms with E-state index in [0.29, 0.717) is 22.7 Å². The molecule has 2 nitrogen and oxygen atoms in total. The Balaban J connectivity index is 1.73. The molecule has 0 amide bonds. The van der Waals surface area contributed by atoms with Crippen molar-refractivity contribution < 1.29 is 10.2 Å². The van der Waals surface area contributed by atoms with E-state index in [0.717, 1.165) is 18.8 Å². The van der Waals surface area contributed by atoms with E-state index in [1.165, 1.54) is 38.5 Å². The summed E-state index contributed by atoms with van der Waals surface area (Å²) in [5.74, 6) is 1.93. The Kier molecular flexibility index (Phi) is 3.02. The van der Waals surface area contributed by atoms with Crippen LogP contribution in [0.3, 0.4) is 0 Å². The third-order valence-electron chi connectivity index (χ3n) is 9.02. The SMILES string of the molecule is CC1(C)[C@H]2CC[C@@]34C[C@H](CC[C@H]3[C@]2(C)CC[C@@H]1O)[C@](C)(O)C4. The molecule has 0 aromatic rings. The number of aliphatic hydroxyl groups is 2. The van der Waals surface area contributed by atoms with E-state index >= 15 is 0 Å². The van der Waals surface area contributed by atoms with Gasteiger partial charge in [0.15, 0.2) is 0 Å². The third kappa shape index (κ3) is 1.75. The molecule has 2 N–H and O–H groups in total. The summed E-state index contributed by atoms with van der Waals surface area (Å²) in [4.78, 5) is 0. The molecular weight excluding hydrogens is 272 g/mol. The van der Waals surface area contributed by atoms with Gasteiger partial charge in [-0.25, -0.2) is 0 Å². The van der Waals surface area contributed by atoms with Gasteiger partial charge in [0.05, 0.1) is 11.7 Å². The summed E-state index contributed by atoms with van der Waals surface area (Å²) in [7, 11) is 0. The highest BCUT2D eigenvalue weighted by molar-refractivity contribution is 5.16. The third-order valence-corrected chi connectivity index (χ3v) is 9.02. The van der Waals surface area contributed by atoms with Crippen LogP contribution < -0.4 is 0 Å². The van der Waals surface area contributed by atoms with Crippen molar-refractivity contribution in [2.75, 3.05) is 0 Å². The number of fused-ring (bicyclic) bond motifs is 3. The molecule has 0 unspecified atom stereocenters. The fourth-order valence-corrected chi connectivity index (χ4v) is 8.01. The van der Waals surface area contributed by atoms with Crippen LogP contribution >= 0.6 is 0 Å². The van der Waals surface area contributed by atoms with Crippen LogP contribution in [0.4, 0.5) is 0 Å². The normalized spacial score (nSPS) is 59.7. The molecule has 4 aliphatic carbocycles. The fourth-order valence-electron chi connectivity index (χ4n) is 8.01. The van der Waals surface area contributed by atoms with Gasteiger partial charge in [-0.05, 0) is 92.3 Å². The highest BCUT2D eigenvalue weighted by Gasteiger charge is 2.66. The lowest BCUT2D eigenvalue weighted by Gasteiger charge is -2.64. The molecule has 7 atom stereocenters. The van der Waals surface area contributed by atoms with Crippen molar-refractivity contribution in [1.82, 2.24) is 0 Å². The van der Waals surface area contributed by atoms with Gasteiger partial charge in [-0.3, -0.25) is 0 Å². The molecule has 4 aliphatic rings. The molecule has 0 aliphatic heterocycles. The Morgan fingerprint density at radius 1 is 0.864 bits per heavy atom. The quantitative estimate of drug-likeness (QED) is 0.706. The van der Waals surface area contributed by atoms with Crippen molar-refractivity contribution >= 4 is 0 Å². The number of hydrogen-bond donors (Lipinski definition) is 2. The summed E-state index contributed by atoms with van der Waals surface area (Å²) in [6, 6.07) is 0. The van der Waals surface area contributed by atoms with E-state index in [-0.39, 0.29) is 11.5 Å².